The highest BCUT2D eigenvalue weighted by atomic mass is 16.5. The number of rotatable bonds is 7. The smallest absolute Gasteiger partial charge is 0.235 e. The average Bonchev–Trinajstić information content (AvgIpc) is 3.37. The number of benzene rings is 3. The number of nitrogens with zero attached hydrogens (tertiary/aromatic N) is 4. The van der Waals surface area contributed by atoms with Crippen molar-refractivity contribution in [1.29, 1.82) is 5.26 Å². The van der Waals surface area contributed by atoms with E-state index in [1.807, 2.05) is 30.3 Å². The van der Waals surface area contributed by atoms with Gasteiger partial charge < -0.3 is 14.1 Å². The van der Waals surface area contributed by atoms with Gasteiger partial charge in [0, 0.05) is 32.3 Å². The Bertz CT molecular complexity index is 1310. The Kier molecular flexibility index (Phi) is 7.11. The van der Waals surface area contributed by atoms with E-state index in [1.165, 1.54) is 11.1 Å². The topological polar surface area (TPSA) is 65.5 Å². The first kappa shape index (κ1) is 23.4. The van der Waals surface area contributed by atoms with Crippen molar-refractivity contribution in [2.75, 3.05) is 38.2 Å². The molecule has 5 rings (SSSR count). The maximum atomic E-state index is 9.70. The highest BCUT2D eigenvalue weighted by molar-refractivity contribution is 5.68. The molecule has 0 unspecified atom stereocenters. The first-order valence-electron chi connectivity index (χ1n) is 12.1. The van der Waals surface area contributed by atoms with Gasteiger partial charge in [-0.2, -0.15) is 10.2 Å². The third-order valence-corrected chi connectivity index (χ3v) is 6.44. The Morgan fingerprint density at radius 2 is 1.56 bits per heavy atom. The predicted octanol–water partition coefficient (Wildman–Crippen LogP) is 5.64. The molecule has 6 heteroatoms. The van der Waals surface area contributed by atoms with Crippen molar-refractivity contribution in [2.24, 2.45) is 0 Å². The van der Waals surface area contributed by atoms with Gasteiger partial charge in [-0.15, -0.1) is 0 Å². The van der Waals surface area contributed by atoms with Crippen molar-refractivity contribution in [1.82, 2.24) is 9.88 Å². The van der Waals surface area contributed by atoms with E-state index in [2.05, 4.69) is 81.5 Å². The first-order valence-corrected chi connectivity index (χ1v) is 12.1. The summed E-state index contributed by atoms with van der Waals surface area (Å²) in [7, 11) is 1.64. The Morgan fingerprint density at radius 1 is 0.889 bits per heavy atom. The molecule has 3 aromatic carbocycles. The molecule has 1 saturated heterocycles. The van der Waals surface area contributed by atoms with Gasteiger partial charge >= 0.3 is 0 Å². The standard InChI is InChI=1S/C30H28N4O2/c1-35-26-14-8-9-23(21-26)15-16-28-32-27(22-31)30(36-28)34-19-17-33(18-20-34)29(24-10-4-2-5-11-24)25-12-6-3-7-13-25/h2-16,21,29H,17-20H2,1H3. The average molecular weight is 477 g/mol. The number of anilines is 1. The van der Waals surface area contributed by atoms with Crippen LogP contribution in [0, 0.1) is 11.3 Å². The number of ether oxygens (including phenoxy) is 1. The zero-order valence-electron chi connectivity index (χ0n) is 20.2. The zero-order valence-corrected chi connectivity index (χ0v) is 20.2. The van der Waals surface area contributed by atoms with Crippen molar-refractivity contribution in [3.63, 3.8) is 0 Å². The van der Waals surface area contributed by atoms with Gasteiger partial charge in [0.1, 0.15) is 11.8 Å². The summed E-state index contributed by atoms with van der Waals surface area (Å²) in [6.45, 7) is 3.18. The minimum atomic E-state index is 0.182. The molecule has 0 aliphatic carbocycles. The molecule has 1 fully saturated rings. The molecule has 1 aromatic heterocycles. The highest BCUT2D eigenvalue weighted by Crippen LogP contribution is 2.31. The second kappa shape index (κ2) is 10.9. The second-order valence-electron chi connectivity index (χ2n) is 8.67. The molecular weight excluding hydrogens is 448 g/mol. The fourth-order valence-corrected chi connectivity index (χ4v) is 4.67. The minimum absolute atomic E-state index is 0.182. The summed E-state index contributed by atoms with van der Waals surface area (Å²) >= 11 is 0. The summed E-state index contributed by atoms with van der Waals surface area (Å²) in [5, 5.41) is 9.70. The lowest BCUT2D eigenvalue weighted by Gasteiger charge is -2.39. The summed E-state index contributed by atoms with van der Waals surface area (Å²) in [5.74, 6) is 1.74. The largest absolute Gasteiger partial charge is 0.497 e. The van der Waals surface area contributed by atoms with Gasteiger partial charge in [0.15, 0.2) is 0 Å². The molecule has 0 N–H and O–H groups in total. The highest BCUT2D eigenvalue weighted by Gasteiger charge is 2.29. The van der Waals surface area contributed by atoms with Gasteiger partial charge in [-0.1, -0.05) is 72.8 Å². The van der Waals surface area contributed by atoms with Crippen molar-refractivity contribution >= 4 is 18.0 Å². The number of nitriles is 1. The molecule has 36 heavy (non-hydrogen) atoms. The lowest BCUT2D eigenvalue weighted by molar-refractivity contribution is 0.209. The molecule has 1 aliphatic rings. The van der Waals surface area contributed by atoms with Crippen molar-refractivity contribution in [3.05, 3.63) is 113 Å². The van der Waals surface area contributed by atoms with Crippen LogP contribution in [-0.4, -0.2) is 43.2 Å². The van der Waals surface area contributed by atoms with Crippen LogP contribution in [-0.2, 0) is 0 Å². The van der Waals surface area contributed by atoms with Gasteiger partial charge in [-0.3, -0.25) is 4.90 Å². The van der Waals surface area contributed by atoms with Gasteiger partial charge in [-0.25, -0.2) is 0 Å². The van der Waals surface area contributed by atoms with E-state index in [0.717, 1.165) is 37.5 Å². The number of piperazine rings is 1. The summed E-state index contributed by atoms with van der Waals surface area (Å²) in [6.07, 6.45) is 3.69. The van der Waals surface area contributed by atoms with Crippen LogP contribution in [0.2, 0.25) is 0 Å². The first-order chi connectivity index (χ1) is 17.7. The Balaban J connectivity index is 1.32. The number of hydrogen-bond donors (Lipinski definition) is 0. The van der Waals surface area contributed by atoms with Crippen molar-refractivity contribution in [2.45, 2.75) is 6.04 Å². The van der Waals surface area contributed by atoms with Gasteiger partial charge in [-0.05, 0) is 34.9 Å². The van der Waals surface area contributed by atoms with Gasteiger partial charge in [0.05, 0.1) is 13.2 Å². The quantitative estimate of drug-likeness (QED) is 0.344. The van der Waals surface area contributed by atoms with Crippen LogP contribution >= 0.6 is 0 Å². The Morgan fingerprint density at radius 3 is 2.17 bits per heavy atom. The molecule has 0 spiro atoms. The van der Waals surface area contributed by atoms with Crippen LogP contribution < -0.4 is 9.64 Å². The SMILES string of the molecule is COc1cccc(C=Cc2nc(C#N)c(N3CCN(C(c4ccccc4)c4ccccc4)CC3)o2)c1. The van der Waals surface area contributed by atoms with E-state index in [-0.39, 0.29) is 6.04 Å². The molecule has 0 amide bonds. The molecule has 1 aliphatic heterocycles. The molecule has 0 saturated carbocycles. The maximum Gasteiger partial charge on any atom is 0.235 e. The fraction of sp³-hybridized carbons (Fsp3) is 0.200. The van der Waals surface area contributed by atoms with Crippen LogP contribution in [0.15, 0.2) is 89.3 Å². The van der Waals surface area contributed by atoms with Crippen LogP contribution in [0.3, 0.4) is 0 Å². The van der Waals surface area contributed by atoms with Crippen molar-refractivity contribution in [3.8, 4) is 11.8 Å². The molecule has 0 bridgehead atoms. The Labute approximate surface area is 211 Å². The molecule has 2 heterocycles. The minimum Gasteiger partial charge on any atom is -0.497 e. The van der Waals surface area contributed by atoms with Crippen LogP contribution in [0.4, 0.5) is 5.88 Å². The molecular formula is C30H28N4O2. The molecule has 6 nitrogen and oxygen atoms in total. The normalized spacial score (nSPS) is 14.3. The summed E-state index contributed by atoms with van der Waals surface area (Å²) in [6, 6.07) is 31.4. The number of aromatic nitrogens is 1. The van der Waals surface area contributed by atoms with E-state index in [1.54, 1.807) is 13.2 Å². The lowest BCUT2D eigenvalue weighted by Crippen LogP contribution is -2.48. The van der Waals surface area contributed by atoms with Gasteiger partial charge in [0.2, 0.25) is 17.5 Å². The fourth-order valence-electron chi connectivity index (χ4n) is 4.67. The molecule has 0 radical (unpaired) electrons. The molecule has 4 aromatic rings. The van der Waals surface area contributed by atoms with E-state index in [9.17, 15) is 5.26 Å². The third kappa shape index (κ3) is 5.17. The molecule has 0 atom stereocenters. The third-order valence-electron chi connectivity index (χ3n) is 6.44. The van der Waals surface area contributed by atoms with E-state index in [0.29, 0.717) is 17.5 Å². The van der Waals surface area contributed by atoms with Crippen molar-refractivity contribution < 1.29 is 9.15 Å². The predicted molar refractivity (Wildman–Crippen MR) is 142 cm³/mol. The zero-order chi connectivity index (χ0) is 24.7. The summed E-state index contributed by atoms with van der Waals surface area (Å²) < 4.78 is 11.3. The number of hydrogen-bond acceptors (Lipinski definition) is 6. The van der Waals surface area contributed by atoms with E-state index in [4.69, 9.17) is 9.15 Å². The van der Waals surface area contributed by atoms with Crippen LogP contribution in [0.5, 0.6) is 5.75 Å². The number of oxazole rings is 1. The summed E-state index contributed by atoms with van der Waals surface area (Å²) in [4.78, 5) is 9.03. The monoisotopic (exact) mass is 476 g/mol. The summed E-state index contributed by atoms with van der Waals surface area (Å²) in [5.41, 5.74) is 3.84. The Hall–Kier alpha value is -4.34. The van der Waals surface area contributed by atoms with Crippen LogP contribution in [0.25, 0.3) is 12.2 Å². The number of methoxy groups -OCH3 is 1. The van der Waals surface area contributed by atoms with E-state index < -0.39 is 0 Å². The van der Waals surface area contributed by atoms with Gasteiger partial charge in [0.25, 0.3) is 0 Å². The second-order valence-corrected chi connectivity index (χ2v) is 8.67. The molecule has 180 valence electrons. The van der Waals surface area contributed by atoms with E-state index >= 15 is 0 Å². The van der Waals surface area contributed by atoms with Crippen LogP contribution in [0.1, 0.15) is 34.3 Å². The maximum absolute atomic E-state index is 9.70. The lowest BCUT2D eigenvalue weighted by atomic mass is 9.96.